The van der Waals surface area contributed by atoms with Gasteiger partial charge in [0, 0.05) is 23.5 Å². The number of alkyl halides is 1. The molecule has 10 heavy (non-hydrogen) atoms. The second-order valence-electron chi connectivity index (χ2n) is 2.03. The fourth-order valence-electron chi connectivity index (χ4n) is 0.497. The van der Waals surface area contributed by atoms with Crippen molar-refractivity contribution in [3.8, 4) is 0 Å². The van der Waals surface area contributed by atoms with Gasteiger partial charge in [0.05, 0.1) is 6.61 Å². The summed E-state index contributed by atoms with van der Waals surface area (Å²) in [6, 6.07) is 0. The molecule has 0 saturated heterocycles. The predicted octanol–water partition coefficient (Wildman–Crippen LogP) is 2.38. The Morgan fingerprint density at radius 1 is 1.60 bits per heavy atom. The van der Waals surface area contributed by atoms with Crippen LogP contribution in [-0.2, 0) is 4.74 Å². The van der Waals surface area contributed by atoms with E-state index in [4.69, 9.17) is 16.3 Å². The van der Waals surface area contributed by atoms with Crippen molar-refractivity contribution in [1.29, 1.82) is 0 Å². The Bertz CT molecular complexity index is 70.6. The lowest BCUT2D eigenvalue weighted by atomic mass is 10.6. The maximum Gasteiger partial charge on any atom is 0.0556 e. The molecule has 0 saturated carbocycles. The van der Waals surface area contributed by atoms with Gasteiger partial charge in [0.25, 0.3) is 0 Å². The highest BCUT2D eigenvalue weighted by Gasteiger charge is 1.98. The molecule has 0 rings (SSSR count). The van der Waals surface area contributed by atoms with Gasteiger partial charge in [-0.2, -0.15) is 11.8 Å². The largest absolute Gasteiger partial charge is 0.381 e. The number of hydrogen-bond donors (Lipinski definition) is 0. The average Bonchev–Trinajstić information content (AvgIpc) is 1.98. The third-order valence-electron chi connectivity index (χ3n) is 1.05. The van der Waals surface area contributed by atoms with Crippen LogP contribution in [0.3, 0.4) is 0 Å². The molecule has 1 atom stereocenters. The first-order chi connectivity index (χ1) is 4.81. The molecule has 0 bridgehead atoms. The van der Waals surface area contributed by atoms with Crippen molar-refractivity contribution in [1.82, 2.24) is 0 Å². The molecule has 0 spiro atoms. The van der Waals surface area contributed by atoms with E-state index in [1.807, 2.05) is 18.7 Å². The summed E-state index contributed by atoms with van der Waals surface area (Å²) in [5.74, 6) is 1.79. The summed E-state index contributed by atoms with van der Waals surface area (Å²) in [5, 5.41) is 0.558. The van der Waals surface area contributed by atoms with E-state index in [2.05, 4.69) is 6.92 Å². The lowest BCUT2D eigenvalue weighted by molar-refractivity contribution is 0.164. The summed E-state index contributed by atoms with van der Waals surface area (Å²) in [6.45, 7) is 5.80. The Balaban J connectivity index is 2.89. The quantitative estimate of drug-likeness (QED) is 0.461. The summed E-state index contributed by atoms with van der Waals surface area (Å²) in [6.07, 6.45) is 0. The fourth-order valence-corrected chi connectivity index (χ4v) is 1.47. The first-order valence-electron chi connectivity index (χ1n) is 3.56. The zero-order valence-corrected chi connectivity index (χ0v) is 8.17. The summed E-state index contributed by atoms with van der Waals surface area (Å²) in [4.78, 5) is 0. The molecule has 62 valence electrons. The van der Waals surface area contributed by atoms with Crippen LogP contribution < -0.4 is 0 Å². The minimum absolute atomic E-state index is 0.558. The molecule has 0 heterocycles. The molecule has 1 unspecified atom stereocenters. The molecule has 0 aromatic heterocycles. The van der Waals surface area contributed by atoms with Crippen LogP contribution in [0.2, 0.25) is 0 Å². The number of thioether (sulfide) groups is 1. The van der Waals surface area contributed by atoms with E-state index in [1.165, 1.54) is 0 Å². The predicted molar refractivity (Wildman–Crippen MR) is 49.1 cm³/mol. The summed E-state index contributed by atoms with van der Waals surface area (Å²) in [7, 11) is 0. The third-order valence-corrected chi connectivity index (χ3v) is 2.84. The molecule has 0 amide bonds. The smallest absolute Gasteiger partial charge is 0.0556 e. The van der Waals surface area contributed by atoms with Crippen molar-refractivity contribution < 1.29 is 4.74 Å². The highest BCUT2D eigenvalue weighted by molar-refractivity contribution is 7.99. The van der Waals surface area contributed by atoms with Gasteiger partial charge in [-0.3, -0.25) is 0 Å². The van der Waals surface area contributed by atoms with Gasteiger partial charge >= 0.3 is 0 Å². The molecule has 1 nitrogen and oxygen atoms in total. The molecule has 0 aromatic rings. The van der Waals surface area contributed by atoms with E-state index in [-0.39, 0.29) is 0 Å². The topological polar surface area (TPSA) is 9.23 Å². The third kappa shape index (κ3) is 6.72. The molecule has 0 fully saturated rings. The summed E-state index contributed by atoms with van der Waals surface area (Å²) in [5.41, 5.74) is 0. The van der Waals surface area contributed by atoms with E-state index in [9.17, 15) is 0 Å². The van der Waals surface area contributed by atoms with Crippen LogP contribution in [0.15, 0.2) is 0 Å². The normalized spacial score (nSPS) is 13.5. The number of hydrogen-bond acceptors (Lipinski definition) is 2. The van der Waals surface area contributed by atoms with E-state index in [0.717, 1.165) is 24.8 Å². The standard InChI is InChI=1S/C7H15ClOS/c1-3-9-4-5-10-7(2)6-8/h7H,3-6H2,1-2H3. The van der Waals surface area contributed by atoms with Gasteiger partial charge in [-0.05, 0) is 6.92 Å². The zero-order chi connectivity index (χ0) is 7.82. The second kappa shape index (κ2) is 7.70. The Kier molecular flexibility index (Phi) is 8.17. The van der Waals surface area contributed by atoms with E-state index in [1.54, 1.807) is 0 Å². The van der Waals surface area contributed by atoms with Crippen LogP contribution >= 0.6 is 23.4 Å². The van der Waals surface area contributed by atoms with Crippen molar-refractivity contribution in [2.45, 2.75) is 19.1 Å². The van der Waals surface area contributed by atoms with Gasteiger partial charge < -0.3 is 4.74 Å². The van der Waals surface area contributed by atoms with Crippen LogP contribution in [0.5, 0.6) is 0 Å². The number of halogens is 1. The van der Waals surface area contributed by atoms with Gasteiger partial charge in [0.2, 0.25) is 0 Å². The fraction of sp³-hybridized carbons (Fsp3) is 1.00. The maximum absolute atomic E-state index is 5.60. The van der Waals surface area contributed by atoms with Crippen molar-refractivity contribution in [2.24, 2.45) is 0 Å². The molecular formula is C7H15ClOS. The van der Waals surface area contributed by atoms with Crippen molar-refractivity contribution in [3.63, 3.8) is 0 Å². The van der Waals surface area contributed by atoms with Crippen LogP contribution in [0.25, 0.3) is 0 Å². The van der Waals surface area contributed by atoms with Gasteiger partial charge in [-0.25, -0.2) is 0 Å². The summed E-state index contributed by atoms with van der Waals surface area (Å²) >= 11 is 7.46. The first kappa shape index (κ1) is 10.6. The van der Waals surface area contributed by atoms with Crippen molar-refractivity contribution >= 4 is 23.4 Å². The lowest BCUT2D eigenvalue weighted by Gasteiger charge is -2.05. The zero-order valence-electron chi connectivity index (χ0n) is 6.60. The van der Waals surface area contributed by atoms with Crippen molar-refractivity contribution in [3.05, 3.63) is 0 Å². The SMILES string of the molecule is CCOCCSC(C)CCl. The highest BCUT2D eigenvalue weighted by atomic mass is 35.5. The van der Waals surface area contributed by atoms with Crippen LogP contribution in [0.4, 0.5) is 0 Å². The molecular weight excluding hydrogens is 168 g/mol. The summed E-state index contributed by atoms with van der Waals surface area (Å²) < 4.78 is 5.16. The molecule has 0 aliphatic carbocycles. The molecule has 0 radical (unpaired) electrons. The molecule has 3 heteroatoms. The molecule has 0 aromatic carbocycles. The monoisotopic (exact) mass is 182 g/mol. The van der Waals surface area contributed by atoms with Gasteiger partial charge in [0.1, 0.15) is 0 Å². The van der Waals surface area contributed by atoms with Gasteiger partial charge in [-0.15, -0.1) is 11.6 Å². The second-order valence-corrected chi connectivity index (χ2v) is 3.89. The Morgan fingerprint density at radius 2 is 2.30 bits per heavy atom. The Morgan fingerprint density at radius 3 is 2.80 bits per heavy atom. The number of rotatable bonds is 6. The van der Waals surface area contributed by atoms with Crippen LogP contribution in [-0.4, -0.2) is 30.1 Å². The molecule has 0 aliphatic heterocycles. The van der Waals surface area contributed by atoms with Crippen LogP contribution in [0.1, 0.15) is 13.8 Å². The minimum Gasteiger partial charge on any atom is -0.381 e. The average molecular weight is 183 g/mol. The van der Waals surface area contributed by atoms with Gasteiger partial charge in [-0.1, -0.05) is 6.92 Å². The van der Waals surface area contributed by atoms with E-state index < -0.39 is 0 Å². The van der Waals surface area contributed by atoms with Gasteiger partial charge in [0.15, 0.2) is 0 Å². The van der Waals surface area contributed by atoms with E-state index in [0.29, 0.717) is 5.25 Å². The van der Waals surface area contributed by atoms with E-state index >= 15 is 0 Å². The van der Waals surface area contributed by atoms with Crippen LogP contribution in [0, 0.1) is 0 Å². The highest BCUT2D eigenvalue weighted by Crippen LogP contribution is 2.10. The maximum atomic E-state index is 5.60. The lowest BCUT2D eigenvalue weighted by Crippen LogP contribution is -2.03. The molecule has 0 aliphatic rings. The first-order valence-corrected chi connectivity index (χ1v) is 5.14. The number of ether oxygens (including phenoxy) is 1. The van der Waals surface area contributed by atoms with Crippen molar-refractivity contribution in [2.75, 3.05) is 24.8 Å². The Hall–Kier alpha value is 0.600. The Labute approximate surface area is 72.5 Å². The molecule has 0 N–H and O–H groups in total. The minimum atomic E-state index is 0.558.